The van der Waals surface area contributed by atoms with Crippen molar-refractivity contribution < 1.29 is 23.1 Å². The summed E-state index contributed by atoms with van der Waals surface area (Å²) < 4.78 is 26.8. The van der Waals surface area contributed by atoms with Crippen molar-refractivity contribution in [1.82, 2.24) is 9.21 Å². The molecule has 1 fully saturated rings. The van der Waals surface area contributed by atoms with Gasteiger partial charge in [-0.25, -0.2) is 8.42 Å². The van der Waals surface area contributed by atoms with Crippen LogP contribution < -0.4 is 0 Å². The number of carboxylic acids is 1. The summed E-state index contributed by atoms with van der Waals surface area (Å²) in [5.74, 6) is -1.64. The van der Waals surface area contributed by atoms with E-state index in [1.54, 1.807) is 12.1 Å². The second-order valence-electron chi connectivity index (χ2n) is 5.87. The van der Waals surface area contributed by atoms with Crippen molar-refractivity contribution in [2.45, 2.75) is 37.6 Å². The molecule has 1 N–H and O–H groups in total. The number of sulfonamides is 1. The summed E-state index contributed by atoms with van der Waals surface area (Å²) in [5.41, 5.74) is 0.917. The number of aliphatic carboxylic acids is 1. The smallest absolute Gasteiger partial charge is 0.305 e. The first-order chi connectivity index (χ1) is 11.3. The third-order valence-electron chi connectivity index (χ3n) is 4.02. The molecule has 7 nitrogen and oxygen atoms in total. The number of rotatable bonds is 6. The van der Waals surface area contributed by atoms with Gasteiger partial charge in [-0.3, -0.25) is 9.59 Å². The van der Waals surface area contributed by atoms with Crippen LogP contribution in [0.3, 0.4) is 0 Å². The number of carbonyl (C=O) groups is 2. The van der Waals surface area contributed by atoms with E-state index < -0.39 is 34.4 Å². The van der Waals surface area contributed by atoms with Crippen LogP contribution in [0.1, 0.15) is 25.3 Å². The van der Waals surface area contributed by atoms with Gasteiger partial charge in [-0.1, -0.05) is 24.6 Å². The Hall–Kier alpha value is -1.93. The molecule has 24 heavy (non-hydrogen) atoms. The number of hydrogen-bond acceptors (Lipinski definition) is 4. The molecule has 1 atom stereocenters. The molecule has 0 bridgehead atoms. The summed E-state index contributed by atoms with van der Waals surface area (Å²) >= 11 is 0. The quantitative estimate of drug-likeness (QED) is 0.825. The van der Waals surface area contributed by atoms with Crippen molar-refractivity contribution in [3.05, 3.63) is 29.8 Å². The molecule has 0 radical (unpaired) electrons. The van der Waals surface area contributed by atoms with Crippen LogP contribution in [0.4, 0.5) is 0 Å². The van der Waals surface area contributed by atoms with Crippen LogP contribution in [0.15, 0.2) is 29.2 Å². The minimum atomic E-state index is -3.92. The third kappa shape index (κ3) is 3.76. The molecule has 0 aromatic heterocycles. The first kappa shape index (κ1) is 18.4. The minimum absolute atomic E-state index is 0.0697. The van der Waals surface area contributed by atoms with E-state index in [0.29, 0.717) is 6.54 Å². The number of aryl methyl sites for hydroxylation is 1. The van der Waals surface area contributed by atoms with Crippen molar-refractivity contribution in [2.24, 2.45) is 0 Å². The summed E-state index contributed by atoms with van der Waals surface area (Å²) in [6.07, 6.45) is 0.195. The van der Waals surface area contributed by atoms with Crippen molar-refractivity contribution in [3.63, 3.8) is 0 Å². The Morgan fingerprint density at radius 3 is 2.42 bits per heavy atom. The topological polar surface area (TPSA) is 95.0 Å². The van der Waals surface area contributed by atoms with E-state index >= 15 is 0 Å². The summed E-state index contributed by atoms with van der Waals surface area (Å²) in [5, 5.41) is 9.10. The monoisotopic (exact) mass is 354 g/mol. The summed E-state index contributed by atoms with van der Waals surface area (Å²) in [7, 11) is -3.92. The Bertz CT molecular complexity index is 714. The fourth-order valence-corrected chi connectivity index (χ4v) is 4.37. The molecule has 0 saturated carbocycles. The normalized spacial score (nSPS) is 19.5. The lowest BCUT2D eigenvalue weighted by atomic mass is 10.1. The second-order valence-corrected chi connectivity index (χ2v) is 7.76. The van der Waals surface area contributed by atoms with Gasteiger partial charge in [0.2, 0.25) is 15.9 Å². The fourth-order valence-electron chi connectivity index (χ4n) is 2.80. The van der Waals surface area contributed by atoms with E-state index in [-0.39, 0.29) is 18.0 Å². The van der Waals surface area contributed by atoms with Crippen LogP contribution in [-0.4, -0.2) is 60.3 Å². The van der Waals surface area contributed by atoms with E-state index in [4.69, 9.17) is 5.11 Å². The highest BCUT2D eigenvalue weighted by Crippen LogP contribution is 2.24. The van der Waals surface area contributed by atoms with Gasteiger partial charge in [0.25, 0.3) is 0 Å². The molecule has 1 unspecified atom stereocenters. The molecule has 1 saturated heterocycles. The summed E-state index contributed by atoms with van der Waals surface area (Å²) in [6, 6.07) is 5.10. The number of benzene rings is 1. The summed E-state index contributed by atoms with van der Waals surface area (Å²) in [6.45, 7) is 4.62. The van der Waals surface area contributed by atoms with Gasteiger partial charge in [-0.2, -0.15) is 4.31 Å². The largest absolute Gasteiger partial charge is 0.481 e. The van der Waals surface area contributed by atoms with Gasteiger partial charge in [0.1, 0.15) is 6.04 Å². The molecule has 1 aromatic carbocycles. The Balaban J connectivity index is 2.37. The standard InChI is InChI=1S/C16H22N2O5S/c1-3-8-17-9-10-18(14(16(17)21)11-15(19)20)24(22,23)13-6-4-12(2)5-7-13/h4-7,14H,3,8-11H2,1-2H3,(H,19,20). The van der Waals surface area contributed by atoms with Crippen molar-refractivity contribution in [3.8, 4) is 0 Å². The Morgan fingerprint density at radius 1 is 1.25 bits per heavy atom. The molecule has 1 aliphatic rings. The highest BCUT2D eigenvalue weighted by molar-refractivity contribution is 7.89. The zero-order valence-electron chi connectivity index (χ0n) is 13.8. The van der Waals surface area contributed by atoms with E-state index in [9.17, 15) is 18.0 Å². The first-order valence-electron chi connectivity index (χ1n) is 7.86. The van der Waals surface area contributed by atoms with Gasteiger partial charge in [0.05, 0.1) is 11.3 Å². The van der Waals surface area contributed by atoms with E-state index in [1.807, 2.05) is 13.8 Å². The van der Waals surface area contributed by atoms with Crippen LogP contribution in [0.5, 0.6) is 0 Å². The van der Waals surface area contributed by atoms with E-state index in [2.05, 4.69) is 0 Å². The number of amides is 1. The number of hydrogen-bond donors (Lipinski definition) is 1. The lowest BCUT2D eigenvalue weighted by Gasteiger charge is -2.39. The van der Waals surface area contributed by atoms with Gasteiger partial charge in [0, 0.05) is 19.6 Å². The molecule has 1 aliphatic heterocycles. The Kier molecular flexibility index (Phi) is 5.61. The van der Waals surface area contributed by atoms with Gasteiger partial charge in [-0.15, -0.1) is 0 Å². The maximum atomic E-state index is 12.9. The molecule has 132 valence electrons. The lowest BCUT2D eigenvalue weighted by Crippen LogP contribution is -2.59. The fraction of sp³-hybridized carbons (Fsp3) is 0.500. The van der Waals surface area contributed by atoms with Crippen LogP contribution in [0, 0.1) is 6.92 Å². The maximum Gasteiger partial charge on any atom is 0.305 e. The second kappa shape index (κ2) is 7.31. The van der Waals surface area contributed by atoms with Crippen LogP contribution in [0.25, 0.3) is 0 Å². The van der Waals surface area contributed by atoms with Gasteiger partial charge < -0.3 is 10.0 Å². The predicted octanol–water partition coefficient (Wildman–Crippen LogP) is 1.08. The molecule has 0 spiro atoms. The highest BCUT2D eigenvalue weighted by Gasteiger charge is 2.42. The highest BCUT2D eigenvalue weighted by atomic mass is 32.2. The molecular weight excluding hydrogens is 332 g/mol. The molecule has 1 aromatic rings. The molecule has 1 amide bonds. The zero-order valence-corrected chi connectivity index (χ0v) is 14.6. The Labute approximate surface area is 141 Å². The number of nitrogens with zero attached hydrogens (tertiary/aromatic N) is 2. The van der Waals surface area contributed by atoms with Gasteiger partial charge in [-0.05, 0) is 25.5 Å². The minimum Gasteiger partial charge on any atom is -0.481 e. The molecular formula is C16H22N2O5S. The van der Waals surface area contributed by atoms with Gasteiger partial charge in [0.15, 0.2) is 0 Å². The van der Waals surface area contributed by atoms with Crippen molar-refractivity contribution >= 4 is 21.9 Å². The molecule has 0 aliphatic carbocycles. The van der Waals surface area contributed by atoms with Crippen LogP contribution >= 0.6 is 0 Å². The molecule has 2 rings (SSSR count). The van der Waals surface area contributed by atoms with E-state index in [1.165, 1.54) is 17.0 Å². The zero-order chi connectivity index (χ0) is 17.9. The lowest BCUT2D eigenvalue weighted by molar-refractivity contribution is -0.146. The van der Waals surface area contributed by atoms with Crippen molar-refractivity contribution in [1.29, 1.82) is 0 Å². The number of carbonyl (C=O) groups excluding carboxylic acids is 1. The van der Waals surface area contributed by atoms with Crippen LogP contribution in [-0.2, 0) is 19.6 Å². The van der Waals surface area contributed by atoms with Crippen molar-refractivity contribution in [2.75, 3.05) is 19.6 Å². The van der Waals surface area contributed by atoms with Gasteiger partial charge >= 0.3 is 5.97 Å². The number of piperazine rings is 1. The SMILES string of the molecule is CCCN1CCN(S(=O)(=O)c2ccc(C)cc2)C(CC(=O)O)C1=O. The maximum absolute atomic E-state index is 12.9. The molecule has 8 heteroatoms. The van der Waals surface area contributed by atoms with Crippen LogP contribution in [0.2, 0.25) is 0 Å². The first-order valence-corrected chi connectivity index (χ1v) is 9.30. The summed E-state index contributed by atoms with van der Waals surface area (Å²) in [4.78, 5) is 25.3. The molecule has 1 heterocycles. The Morgan fingerprint density at radius 2 is 1.88 bits per heavy atom. The predicted molar refractivity (Wildman–Crippen MR) is 88.0 cm³/mol. The third-order valence-corrected chi connectivity index (χ3v) is 5.95. The average Bonchev–Trinajstić information content (AvgIpc) is 2.51. The van der Waals surface area contributed by atoms with E-state index in [0.717, 1.165) is 16.3 Å². The average molecular weight is 354 g/mol. The number of carboxylic acid groups (broad SMARTS) is 1.